The highest BCUT2D eigenvalue weighted by Gasteiger charge is 2.28. The fourth-order valence-corrected chi connectivity index (χ4v) is 6.49. The lowest BCUT2D eigenvalue weighted by Gasteiger charge is -2.23. The smallest absolute Gasteiger partial charge is 0.225 e. The first-order valence-electron chi connectivity index (χ1n) is 18.4. The number of benzene rings is 3. The third-order valence-electron chi connectivity index (χ3n) is 9.22. The number of para-hydroxylation sites is 1. The first-order chi connectivity index (χ1) is 27.1. The molecule has 0 fully saturated rings. The van der Waals surface area contributed by atoms with Crippen molar-refractivity contribution >= 4 is 64.1 Å². The van der Waals surface area contributed by atoms with Crippen LogP contribution in [0.2, 0.25) is 10.0 Å². The van der Waals surface area contributed by atoms with E-state index in [1.54, 1.807) is 22.0 Å². The van der Waals surface area contributed by atoms with Crippen LogP contribution in [0.4, 0.5) is 17.3 Å². The van der Waals surface area contributed by atoms with E-state index in [-0.39, 0.29) is 48.9 Å². The van der Waals surface area contributed by atoms with Crippen molar-refractivity contribution in [3.05, 3.63) is 112 Å². The number of hydrazine groups is 1. The largest absolute Gasteiger partial charge is 0.457 e. The minimum atomic E-state index is -0.178. The predicted octanol–water partition coefficient (Wildman–Crippen LogP) is 6.21. The molecule has 1 aromatic heterocycles. The maximum absolute atomic E-state index is 12.3. The average Bonchev–Trinajstić information content (AvgIpc) is 3.82. The van der Waals surface area contributed by atoms with Gasteiger partial charge in [-0.25, -0.2) is 15.4 Å². The minimum Gasteiger partial charge on any atom is -0.457 e. The molecule has 0 radical (unpaired) electrons. The van der Waals surface area contributed by atoms with Crippen LogP contribution in [-0.2, 0) is 14.4 Å². The lowest BCUT2D eigenvalue weighted by molar-refractivity contribution is -0.133. The van der Waals surface area contributed by atoms with Gasteiger partial charge in [0.25, 0.3) is 0 Å². The van der Waals surface area contributed by atoms with E-state index >= 15 is 0 Å². The number of aromatic nitrogens is 2. The quantitative estimate of drug-likeness (QED) is 0.0865. The zero-order valence-electron chi connectivity index (χ0n) is 30.9. The Morgan fingerprint density at radius 2 is 1.71 bits per heavy atom. The lowest BCUT2D eigenvalue weighted by atomic mass is 10.0. The van der Waals surface area contributed by atoms with Gasteiger partial charge < -0.3 is 31.4 Å². The molecule has 2 unspecified atom stereocenters. The van der Waals surface area contributed by atoms with Crippen LogP contribution in [0.15, 0.2) is 96.4 Å². The molecule has 4 aromatic rings. The minimum absolute atomic E-state index is 0.00440. The summed E-state index contributed by atoms with van der Waals surface area (Å²) in [5.41, 5.74) is 14.9. The molecule has 3 aromatic carbocycles. The van der Waals surface area contributed by atoms with Crippen molar-refractivity contribution in [2.75, 3.05) is 42.3 Å². The zero-order valence-corrected chi connectivity index (χ0v) is 32.4. The number of hydrogen-bond donors (Lipinski definition) is 5. The van der Waals surface area contributed by atoms with Crippen molar-refractivity contribution in [2.24, 2.45) is 11.0 Å². The van der Waals surface area contributed by atoms with Gasteiger partial charge >= 0.3 is 0 Å². The van der Waals surface area contributed by atoms with Crippen LogP contribution in [0.3, 0.4) is 0 Å². The first kappa shape index (κ1) is 40.0. The molecule has 2 atom stereocenters. The van der Waals surface area contributed by atoms with Gasteiger partial charge in [0.15, 0.2) is 5.82 Å². The van der Waals surface area contributed by atoms with Crippen molar-refractivity contribution < 1.29 is 19.1 Å². The zero-order chi connectivity index (χ0) is 39.4. The maximum Gasteiger partial charge on any atom is 0.225 e. The second-order valence-corrected chi connectivity index (χ2v) is 14.2. The van der Waals surface area contributed by atoms with Gasteiger partial charge in [-0.3, -0.25) is 19.4 Å². The normalized spacial score (nSPS) is 16.9. The molecule has 16 heteroatoms. The Balaban J connectivity index is 0.000000201. The number of fused-ring (bicyclic) bond motifs is 1. The number of nitrogens with zero attached hydrogens (tertiary/aromatic N) is 5. The number of anilines is 3. The van der Waals surface area contributed by atoms with Crippen LogP contribution in [0.5, 0.6) is 11.5 Å². The third-order valence-corrected chi connectivity index (χ3v) is 9.96. The van der Waals surface area contributed by atoms with Gasteiger partial charge in [-0.1, -0.05) is 72.6 Å². The molecule has 6 N–H and O–H groups in total. The Kier molecular flexibility index (Phi) is 13.7. The number of carbonyl (C=O) groups is 3. The summed E-state index contributed by atoms with van der Waals surface area (Å²) in [6.45, 7) is 4.31. The molecule has 292 valence electrons. The molecule has 0 saturated carbocycles. The van der Waals surface area contributed by atoms with Gasteiger partial charge in [-0.2, -0.15) is 5.10 Å². The van der Waals surface area contributed by atoms with Crippen molar-refractivity contribution in [2.45, 2.75) is 45.1 Å². The third kappa shape index (κ3) is 10.7. The van der Waals surface area contributed by atoms with Crippen molar-refractivity contribution in [3.63, 3.8) is 0 Å². The Labute approximate surface area is 335 Å². The molecule has 7 rings (SSSR count). The van der Waals surface area contributed by atoms with Gasteiger partial charge in [0.05, 0.1) is 33.9 Å². The van der Waals surface area contributed by atoms with Crippen molar-refractivity contribution in [1.82, 2.24) is 30.9 Å². The number of nitrogen functional groups attached to an aromatic ring is 1. The van der Waals surface area contributed by atoms with E-state index in [1.165, 1.54) is 6.33 Å². The summed E-state index contributed by atoms with van der Waals surface area (Å²) in [6, 6.07) is 22.7. The van der Waals surface area contributed by atoms with Crippen LogP contribution in [0.1, 0.15) is 56.2 Å². The Morgan fingerprint density at radius 3 is 2.46 bits per heavy atom. The molecule has 3 amide bonds. The summed E-state index contributed by atoms with van der Waals surface area (Å²) in [5, 5.41) is 12.8. The van der Waals surface area contributed by atoms with E-state index < -0.39 is 0 Å². The summed E-state index contributed by atoms with van der Waals surface area (Å²) in [7, 11) is 0. The van der Waals surface area contributed by atoms with E-state index in [0.29, 0.717) is 60.1 Å². The average molecular weight is 800 g/mol. The number of halogens is 2. The molecule has 0 aliphatic carbocycles. The van der Waals surface area contributed by atoms with E-state index in [1.807, 2.05) is 73.7 Å². The fraction of sp³-hybridized carbons (Fsp3) is 0.300. The molecular formula is C40H44Cl2N10O4. The molecular weight excluding hydrogens is 755 g/mol. The number of nitrogens with two attached hydrogens (primary N) is 1. The standard InChI is InChI=1S/C23H29Cl2N5O3.C17H15N5O/c1-16-15-30(17-7-8-18(24)19(25)14-17)28-23(16)27-21(32)6-5-11-26-20(31)9-10-22(33)29-12-3-2-4-13-29;18-16-14-15(21-22-17(14)20-10-19-16)11-6-8-13(9-7-11)23-12-4-2-1-3-5-12/h2-3,7-8,14,16H,4-6,9-13,15H2,1H3,(H,26,31)(H,27,28,32);1-10,15,21H,(H3,18,19,20,22). The highest BCUT2D eigenvalue weighted by Crippen LogP contribution is 2.35. The number of amidine groups is 1. The molecule has 56 heavy (non-hydrogen) atoms. The van der Waals surface area contributed by atoms with Gasteiger partial charge in [0, 0.05) is 44.8 Å². The van der Waals surface area contributed by atoms with Crippen LogP contribution in [-0.4, -0.2) is 64.6 Å². The number of carbonyl (C=O) groups excluding carboxylic acids is 3. The molecule has 0 saturated heterocycles. The van der Waals surface area contributed by atoms with Crippen LogP contribution in [0, 0.1) is 5.92 Å². The predicted molar refractivity (Wildman–Crippen MR) is 218 cm³/mol. The summed E-state index contributed by atoms with van der Waals surface area (Å²) in [5.74, 6) is 3.09. The van der Waals surface area contributed by atoms with E-state index in [4.69, 9.17) is 33.7 Å². The van der Waals surface area contributed by atoms with Crippen molar-refractivity contribution in [3.8, 4) is 11.5 Å². The number of rotatable bonds is 11. The molecule has 3 aliphatic rings. The van der Waals surface area contributed by atoms with E-state index in [9.17, 15) is 14.4 Å². The number of ether oxygens (including phenoxy) is 1. The van der Waals surface area contributed by atoms with E-state index in [2.05, 4.69) is 42.6 Å². The van der Waals surface area contributed by atoms with Crippen LogP contribution < -0.4 is 37.0 Å². The lowest BCUT2D eigenvalue weighted by Crippen LogP contribution is -2.35. The molecule has 14 nitrogen and oxygen atoms in total. The monoisotopic (exact) mass is 798 g/mol. The summed E-state index contributed by atoms with van der Waals surface area (Å²) in [4.78, 5) is 46.4. The Bertz CT molecular complexity index is 2070. The SMILES string of the molecule is CC1CN(c2ccc(Cl)c(Cl)c2)N=C1NC(=O)CCCNC(=O)CCC(=O)N1CC=CCC1.Nc1ncnc2c1C(c1ccc(Oc3ccccc3)cc1)NN2. The molecule has 0 bridgehead atoms. The number of nitrogens with one attached hydrogen (secondary N) is 4. The topological polar surface area (TPSA) is 179 Å². The van der Waals surface area contributed by atoms with Crippen LogP contribution in [0.25, 0.3) is 0 Å². The summed E-state index contributed by atoms with van der Waals surface area (Å²) >= 11 is 12.1. The Hall–Kier alpha value is -5.70. The summed E-state index contributed by atoms with van der Waals surface area (Å²) in [6.07, 6.45) is 7.45. The van der Waals surface area contributed by atoms with Gasteiger partial charge in [0.1, 0.15) is 29.5 Å². The van der Waals surface area contributed by atoms with E-state index in [0.717, 1.165) is 34.7 Å². The van der Waals surface area contributed by atoms with Gasteiger partial charge in [0.2, 0.25) is 17.7 Å². The highest BCUT2D eigenvalue weighted by atomic mass is 35.5. The molecule has 4 heterocycles. The van der Waals surface area contributed by atoms with Gasteiger partial charge in [-0.15, -0.1) is 0 Å². The Morgan fingerprint density at radius 1 is 0.929 bits per heavy atom. The van der Waals surface area contributed by atoms with Crippen LogP contribution >= 0.6 is 23.2 Å². The number of hydrazone groups is 1. The van der Waals surface area contributed by atoms with Crippen molar-refractivity contribution in [1.29, 1.82) is 0 Å². The fourth-order valence-electron chi connectivity index (χ4n) is 6.20. The number of hydrogen-bond acceptors (Lipinski definition) is 11. The second kappa shape index (κ2) is 19.2. The molecule has 0 spiro atoms. The summed E-state index contributed by atoms with van der Waals surface area (Å²) < 4.78 is 5.80. The first-order valence-corrected chi connectivity index (χ1v) is 19.2. The highest BCUT2D eigenvalue weighted by molar-refractivity contribution is 6.42. The molecule has 3 aliphatic heterocycles. The van der Waals surface area contributed by atoms with Gasteiger partial charge in [-0.05, 0) is 60.9 Å². The number of amides is 3. The second-order valence-electron chi connectivity index (χ2n) is 13.4. The maximum atomic E-state index is 12.3.